The maximum atomic E-state index is 12.5. The molecule has 5 nitrogen and oxygen atoms in total. The molecule has 1 aromatic rings. The molecule has 1 saturated heterocycles. The Kier molecular flexibility index (Phi) is 4.60. The van der Waals surface area contributed by atoms with Crippen molar-refractivity contribution in [1.29, 1.82) is 0 Å². The maximum Gasteiger partial charge on any atom is 0.253 e. The van der Waals surface area contributed by atoms with Gasteiger partial charge in [-0.15, -0.1) is 0 Å². The van der Waals surface area contributed by atoms with Gasteiger partial charge in [0.1, 0.15) is 5.82 Å². The number of rotatable bonds is 4. The number of nitrogens with two attached hydrogens (primary N) is 1. The number of amides is 1. The van der Waals surface area contributed by atoms with Crippen LogP contribution in [0.25, 0.3) is 0 Å². The highest BCUT2D eigenvalue weighted by molar-refractivity contribution is 5.94. The van der Waals surface area contributed by atoms with Crippen molar-refractivity contribution in [1.82, 2.24) is 14.8 Å². The summed E-state index contributed by atoms with van der Waals surface area (Å²) in [7, 11) is 3.99. The van der Waals surface area contributed by atoms with Crippen LogP contribution < -0.4 is 5.73 Å². The Morgan fingerprint density at radius 3 is 2.90 bits per heavy atom. The van der Waals surface area contributed by atoms with Gasteiger partial charge in [-0.1, -0.05) is 6.92 Å². The molecule has 1 atom stereocenters. The predicted molar refractivity (Wildman–Crippen MR) is 80.6 cm³/mol. The molecule has 5 heteroatoms. The summed E-state index contributed by atoms with van der Waals surface area (Å²) in [6.45, 7) is 4.99. The molecule has 0 spiro atoms. The number of nitrogens with zero attached hydrogens (tertiary/aromatic N) is 3. The van der Waals surface area contributed by atoms with Crippen LogP contribution in [0.5, 0.6) is 0 Å². The van der Waals surface area contributed by atoms with Gasteiger partial charge < -0.3 is 15.5 Å². The predicted octanol–water partition coefficient (Wildman–Crippen LogP) is 1.25. The molecule has 110 valence electrons. The third kappa shape index (κ3) is 3.48. The number of pyridine rings is 1. The van der Waals surface area contributed by atoms with E-state index in [4.69, 9.17) is 5.73 Å². The van der Waals surface area contributed by atoms with Gasteiger partial charge in [0, 0.05) is 31.4 Å². The standard InChI is InChI=1S/C15H24N4O/c1-4-13-7-12(8-14(16)17-13)15(20)19(3)10-11-5-6-18(2)9-11/h7-8,11H,4-6,9-10H2,1-3H3,(H2,16,17). The number of carbonyl (C=O) groups excluding carboxylic acids is 1. The number of aromatic nitrogens is 1. The summed E-state index contributed by atoms with van der Waals surface area (Å²) in [5, 5.41) is 0. The Balaban J connectivity index is 2.04. The van der Waals surface area contributed by atoms with Gasteiger partial charge in [0.25, 0.3) is 5.91 Å². The molecule has 1 aromatic heterocycles. The van der Waals surface area contributed by atoms with E-state index in [1.165, 1.54) is 0 Å². The van der Waals surface area contributed by atoms with Gasteiger partial charge in [0.05, 0.1) is 0 Å². The summed E-state index contributed by atoms with van der Waals surface area (Å²) >= 11 is 0. The van der Waals surface area contributed by atoms with E-state index < -0.39 is 0 Å². The third-order valence-corrected chi connectivity index (χ3v) is 3.88. The molecular formula is C15H24N4O. The number of hydrogen-bond acceptors (Lipinski definition) is 4. The first-order valence-corrected chi connectivity index (χ1v) is 7.20. The Labute approximate surface area is 120 Å². The summed E-state index contributed by atoms with van der Waals surface area (Å²) in [5.74, 6) is 1.02. The maximum absolute atomic E-state index is 12.5. The first kappa shape index (κ1) is 14.8. The molecule has 20 heavy (non-hydrogen) atoms. The molecule has 1 amide bonds. The van der Waals surface area contributed by atoms with E-state index in [2.05, 4.69) is 16.9 Å². The number of anilines is 1. The lowest BCUT2D eigenvalue weighted by molar-refractivity contribution is 0.0774. The fraction of sp³-hybridized carbons (Fsp3) is 0.600. The minimum atomic E-state index is 0.0309. The second kappa shape index (κ2) is 6.22. The quantitative estimate of drug-likeness (QED) is 0.899. The highest BCUT2D eigenvalue weighted by atomic mass is 16.2. The number of aryl methyl sites for hydroxylation is 1. The molecule has 1 aliphatic rings. The zero-order valence-corrected chi connectivity index (χ0v) is 12.6. The Morgan fingerprint density at radius 2 is 2.30 bits per heavy atom. The van der Waals surface area contributed by atoms with Crippen LogP contribution in [0.2, 0.25) is 0 Å². The van der Waals surface area contributed by atoms with E-state index in [-0.39, 0.29) is 5.91 Å². The lowest BCUT2D eigenvalue weighted by Crippen LogP contribution is -2.33. The molecule has 0 radical (unpaired) electrons. The van der Waals surface area contributed by atoms with Gasteiger partial charge in [0.15, 0.2) is 0 Å². The Bertz CT molecular complexity index is 489. The molecule has 1 unspecified atom stereocenters. The summed E-state index contributed by atoms with van der Waals surface area (Å²) < 4.78 is 0. The van der Waals surface area contributed by atoms with Crippen molar-refractivity contribution >= 4 is 11.7 Å². The van der Waals surface area contributed by atoms with Crippen molar-refractivity contribution in [2.75, 3.05) is 39.5 Å². The molecule has 0 aliphatic carbocycles. The monoisotopic (exact) mass is 276 g/mol. The van der Waals surface area contributed by atoms with Crippen LogP contribution in [0, 0.1) is 5.92 Å². The smallest absolute Gasteiger partial charge is 0.253 e. The summed E-state index contributed by atoms with van der Waals surface area (Å²) in [6, 6.07) is 3.51. The third-order valence-electron chi connectivity index (χ3n) is 3.88. The SMILES string of the molecule is CCc1cc(C(=O)N(C)CC2CCN(C)C2)cc(N)n1. The van der Waals surface area contributed by atoms with E-state index in [9.17, 15) is 4.79 Å². The van der Waals surface area contributed by atoms with Crippen LogP contribution >= 0.6 is 0 Å². The van der Waals surface area contributed by atoms with Gasteiger partial charge >= 0.3 is 0 Å². The van der Waals surface area contributed by atoms with Crippen molar-refractivity contribution in [2.45, 2.75) is 19.8 Å². The van der Waals surface area contributed by atoms with Crippen molar-refractivity contribution < 1.29 is 4.79 Å². The highest BCUT2D eigenvalue weighted by Crippen LogP contribution is 2.17. The lowest BCUT2D eigenvalue weighted by atomic mass is 10.1. The number of hydrogen-bond donors (Lipinski definition) is 1. The molecule has 0 saturated carbocycles. The second-order valence-electron chi connectivity index (χ2n) is 5.73. The van der Waals surface area contributed by atoms with Crippen molar-refractivity contribution in [2.24, 2.45) is 5.92 Å². The summed E-state index contributed by atoms with van der Waals surface area (Å²) in [4.78, 5) is 20.8. The first-order valence-electron chi connectivity index (χ1n) is 7.20. The lowest BCUT2D eigenvalue weighted by Gasteiger charge is -2.21. The van der Waals surface area contributed by atoms with Crippen LogP contribution in [-0.2, 0) is 6.42 Å². The molecule has 2 rings (SSSR count). The molecule has 2 N–H and O–H groups in total. The number of nitrogen functional groups attached to an aromatic ring is 1. The van der Waals surface area contributed by atoms with Gasteiger partial charge in [0.2, 0.25) is 0 Å². The fourth-order valence-corrected chi connectivity index (χ4v) is 2.78. The summed E-state index contributed by atoms with van der Waals surface area (Å²) in [6.07, 6.45) is 1.94. The Morgan fingerprint density at radius 1 is 1.55 bits per heavy atom. The van der Waals surface area contributed by atoms with Crippen molar-refractivity contribution in [3.05, 3.63) is 23.4 Å². The van der Waals surface area contributed by atoms with Gasteiger partial charge in [-0.05, 0) is 44.5 Å². The van der Waals surface area contributed by atoms with Gasteiger partial charge in [-0.25, -0.2) is 4.98 Å². The molecule has 1 fully saturated rings. The van der Waals surface area contributed by atoms with Crippen LogP contribution in [0.1, 0.15) is 29.4 Å². The van der Waals surface area contributed by atoms with Crippen LogP contribution in [0.4, 0.5) is 5.82 Å². The highest BCUT2D eigenvalue weighted by Gasteiger charge is 2.23. The fourth-order valence-electron chi connectivity index (χ4n) is 2.78. The van der Waals surface area contributed by atoms with Gasteiger partial charge in [-0.3, -0.25) is 4.79 Å². The normalized spacial score (nSPS) is 19.2. The molecule has 0 aromatic carbocycles. The minimum absolute atomic E-state index is 0.0309. The zero-order valence-electron chi connectivity index (χ0n) is 12.6. The molecule has 1 aliphatic heterocycles. The topological polar surface area (TPSA) is 62.5 Å². The average molecular weight is 276 g/mol. The van der Waals surface area contributed by atoms with Gasteiger partial charge in [-0.2, -0.15) is 0 Å². The van der Waals surface area contributed by atoms with E-state index in [0.717, 1.165) is 38.2 Å². The molecule has 0 bridgehead atoms. The van der Waals surface area contributed by atoms with Crippen molar-refractivity contribution in [3.63, 3.8) is 0 Å². The summed E-state index contributed by atoms with van der Waals surface area (Å²) in [5.41, 5.74) is 7.27. The van der Waals surface area contributed by atoms with E-state index in [1.54, 1.807) is 11.0 Å². The van der Waals surface area contributed by atoms with E-state index >= 15 is 0 Å². The largest absolute Gasteiger partial charge is 0.384 e. The van der Waals surface area contributed by atoms with E-state index in [1.807, 2.05) is 20.0 Å². The number of carbonyl (C=O) groups is 1. The van der Waals surface area contributed by atoms with Crippen molar-refractivity contribution in [3.8, 4) is 0 Å². The minimum Gasteiger partial charge on any atom is -0.384 e. The van der Waals surface area contributed by atoms with E-state index in [0.29, 0.717) is 17.3 Å². The second-order valence-corrected chi connectivity index (χ2v) is 5.73. The molecule has 2 heterocycles. The average Bonchev–Trinajstić information content (AvgIpc) is 2.82. The first-order chi connectivity index (χ1) is 9.49. The Hall–Kier alpha value is -1.62. The van der Waals surface area contributed by atoms with Crippen LogP contribution in [-0.4, -0.2) is 54.4 Å². The number of likely N-dealkylation sites (tertiary alicyclic amines) is 1. The molecular weight excluding hydrogens is 252 g/mol. The van der Waals surface area contributed by atoms with Crippen LogP contribution in [0.3, 0.4) is 0 Å². The van der Waals surface area contributed by atoms with Crippen LogP contribution in [0.15, 0.2) is 12.1 Å². The zero-order chi connectivity index (χ0) is 14.7.